The lowest BCUT2D eigenvalue weighted by atomic mass is 10.1. The molecule has 0 unspecified atom stereocenters. The molecule has 0 saturated heterocycles. The van der Waals surface area contributed by atoms with Crippen molar-refractivity contribution in [2.75, 3.05) is 6.54 Å². The van der Waals surface area contributed by atoms with Gasteiger partial charge in [-0.15, -0.1) is 0 Å². The molecule has 0 fully saturated rings. The van der Waals surface area contributed by atoms with Gasteiger partial charge in [0, 0.05) is 18.7 Å². The SMILES string of the molecule is O=C(NCCC=Cc1cc([N+](=O)[O-])cc(C(F)(F)F)c1)OCc1ccccc1. The molecule has 0 heterocycles. The lowest BCUT2D eigenvalue weighted by Gasteiger charge is -2.07. The van der Waals surface area contributed by atoms with Crippen LogP contribution in [0.3, 0.4) is 0 Å². The predicted octanol–water partition coefficient (Wildman–Crippen LogP) is 4.94. The Morgan fingerprint density at radius 2 is 1.89 bits per heavy atom. The van der Waals surface area contributed by atoms with Crippen LogP contribution in [0.2, 0.25) is 0 Å². The van der Waals surface area contributed by atoms with Gasteiger partial charge in [-0.3, -0.25) is 10.1 Å². The third-order valence-corrected chi connectivity index (χ3v) is 3.58. The molecule has 0 aliphatic heterocycles. The largest absolute Gasteiger partial charge is 0.445 e. The number of amides is 1. The Bertz CT molecular complexity index is 852. The fourth-order valence-electron chi connectivity index (χ4n) is 2.25. The highest BCUT2D eigenvalue weighted by atomic mass is 19.4. The first kappa shape index (κ1) is 20.9. The Labute approximate surface area is 158 Å². The second-order valence-corrected chi connectivity index (χ2v) is 5.75. The topological polar surface area (TPSA) is 81.5 Å². The highest BCUT2D eigenvalue weighted by molar-refractivity contribution is 5.67. The number of halogens is 3. The summed E-state index contributed by atoms with van der Waals surface area (Å²) in [6.07, 6.45) is -2.15. The second-order valence-electron chi connectivity index (χ2n) is 5.75. The summed E-state index contributed by atoms with van der Waals surface area (Å²) in [4.78, 5) is 21.5. The normalized spacial score (nSPS) is 11.4. The zero-order valence-electron chi connectivity index (χ0n) is 14.6. The summed E-state index contributed by atoms with van der Waals surface area (Å²) in [5.41, 5.74) is -0.849. The highest BCUT2D eigenvalue weighted by Crippen LogP contribution is 2.32. The molecule has 2 aromatic carbocycles. The van der Waals surface area contributed by atoms with Gasteiger partial charge in [0.05, 0.1) is 10.5 Å². The minimum absolute atomic E-state index is 0.0492. The van der Waals surface area contributed by atoms with E-state index in [2.05, 4.69) is 5.32 Å². The summed E-state index contributed by atoms with van der Waals surface area (Å²) < 4.78 is 43.5. The summed E-state index contributed by atoms with van der Waals surface area (Å²) in [7, 11) is 0. The van der Waals surface area contributed by atoms with E-state index < -0.39 is 28.4 Å². The molecule has 0 bridgehead atoms. The number of alkyl halides is 3. The first-order valence-electron chi connectivity index (χ1n) is 8.23. The molecule has 1 N–H and O–H groups in total. The smallest absolute Gasteiger partial charge is 0.416 e. The number of hydrogen-bond donors (Lipinski definition) is 1. The van der Waals surface area contributed by atoms with Crippen LogP contribution < -0.4 is 5.32 Å². The lowest BCUT2D eigenvalue weighted by molar-refractivity contribution is -0.385. The summed E-state index contributed by atoms with van der Waals surface area (Å²) in [6.45, 7) is 0.321. The molecule has 9 heteroatoms. The molecule has 0 spiro atoms. The molecule has 148 valence electrons. The van der Waals surface area contributed by atoms with E-state index in [0.29, 0.717) is 12.5 Å². The van der Waals surface area contributed by atoms with Crippen molar-refractivity contribution in [2.24, 2.45) is 0 Å². The first-order chi connectivity index (χ1) is 13.3. The summed E-state index contributed by atoms with van der Waals surface area (Å²) in [6, 6.07) is 11.5. The number of carbonyl (C=O) groups excluding carboxylic acids is 1. The maximum atomic E-state index is 12.8. The van der Waals surface area contributed by atoms with E-state index in [0.717, 1.165) is 17.7 Å². The number of nitrogens with one attached hydrogen (secondary N) is 1. The molecule has 2 aromatic rings. The van der Waals surface area contributed by atoms with E-state index in [1.165, 1.54) is 12.2 Å². The molecule has 0 saturated carbocycles. The number of benzene rings is 2. The number of non-ortho nitro benzene ring substituents is 1. The molecule has 0 aliphatic rings. The van der Waals surface area contributed by atoms with E-state index >= 15 is 0 Å². The van der Waals surface area contributed by atoms with Gasteiger partial charge in [-0.1, -0.05) is 42.5 Å². The first-order valence-corrected chi connectivity index (χ1v) is 8.23. The van der Waals surface area contributed by atoms with E-state index in [9.17, 15) is 28.1 Å². The summed E-state index contributed by atoms with van der Waals surface area (Å²) in [5, 5.41) is 13.3. The molecule has 0 atom stereocenters. The lowest BCUT2D eigenvalue weighted by Crippen LogP contribution is -2.24. The van der Waals surface area contributed by atoms with Crippen molar-refractivity contribution in [3.8, 4) is 0 Å². The standard InChI is InChI=1S/C19H17F3N2O4/c20-19(21,22)16-10-15(11-17(12-16)24(26)27)8-4-5-9-23-18(25)28-13-14-6-2-1-3-7-14/h1-4,6-8,10-12H,5,9,13H2,(H,23,25). The molecule has 6 nitrogen and oxygen atoms in total. The summed E-state index contributed by atoms with van der Waals surface area (Å²) in [5.74, 6) is 0. The van der Waals surface area contributed by atoms with Crippen LogP contribution in [-0.4, -0.2) is 17.6 Å². The van der Waals surface area contributed by atoms with Gasteiger partial charge in [0.25, 0.3) is 5.69 Å². The van der Waals surface area contributed by atoms with Crippen LogP contribution >= 0.6 is 0 Å². The molecular formula is C19H17F3N2O4. The van der Waals surface area contributed by atoms with Crippen molar-refractivity contribution in [1.29, 1.82) is 0 Å². The molecule has 2 rings (SSSR count). The predicted molar refractivity (Wildman–Crippen MR) is 96.4 cm³/mol. The zero-order valence-corrected chi connectivity index (χ0v) is 14.6. The van der Waals surface area contributed by atoms with Gasteiger partial charge in [-0.25, -0.2) is 4.79 Å². The van der Waals surface area contributed by atoms with Crippen LogP contribution in [0.15, 0.2) is 54.6 Å². The molecule has 0 radical (unpaired) electrons. The summed E-state index contributed by atoms with van der Waals surface area (Å²) >= 11 is 0. The Morgan fingerprint density at radius 3 is 2.54 bits per heavy atom. The van der Waals surface area contributed by atoms with Gasteiger partial charge in [-0.05, 0) is 23.6 Å². The third kappa shape index (κ3) is 6.75. The van der Waals surface area contributed by atoms with Crippen molar-refractivity contribution in [1.82, 2.24) is 5.32 Å². The molecule has 0 aromatic heterocycles. The number of nitro groups is 1. The average Bonchev–Trinajstić information content (AvgIpc) is 2.66. The monoisotopic (exact) mass is 394 g/mol. The highest BCUT2D eigenvalue weighted by Gasteiger charge is 2.32. The number of rotatable bonds is 7. The minimum atomic E-state index is -4.68. The van der Waals surface area contributed by atoms with E-state index in [1.807, 2.05) is 30.3 Å². The van der Waals surface area contributed by atoms with Crippen LogP contribution in [0.4, 0.5) is 23.7 Å². The fraction of sp³-hybridized carbons (Fsp3) is 0.211. The minimum Gasteiger partial charge on any atom is -0.445 e. The third-order valence-electron chi connectivity index (χ3n) is 3.58. The maximum Gasteiger partial charge on any atom is 0.416 e. The maximum absolute atomic E-state index is 12.8. The van der Waals surface area contributed by atoms with Crippen LogP contribution in [0.25, 0.3) is 6.08 Å². The molecule has 0 aliphatic carbocycles. The Kier molecular flexibility index (Phi) is 7.14. The van der Waals surface area contributed by atoms with Crippen LogP contribution in [0.1, 0.15) is 23.1 Å². The molecule has 1 amide bonds. The number of hydrogen-bond acceptors (Lipinski definition) is 4. The van der Waals surface area contributed by atoms with Gasteiger partial charge < -0.3 is 10.1 Å². The molecule has 28 heavy (non-hydrogen) atoms. The Hall–Kier alpha value is -3.36. The quantitative estimate of drug-likeness (QED) is 0.410. The van der Waals surface area contributed by atoms with Gasteiger partial charge >= 0.3 is 12.3 Å². The van der Waals surface area contributed by atoms with Crippen molar-refractivity contribution in [3.63, 3.8) is 0 Å². The van der Waals surface area contributed by atoms with Gasteiger partial charge in [0.15, 0.2) is 0 Å². The molecular weight excluding hydrogens is 377 g/mol. The number of ether oxygens (including phenoxy) is 1. The fourth-order valence-corrected chi connectivity index (χ4v) is 2.25. The number of nitrogens with zero attached hydrogens (tertiary/aromatic N) is 1. The van der Waals surface area contributed by atoms with E-state index in [1.54, 1.807) is 0 Å². The second kappa shape index (κ2) is 9.54. The van der Waals surface area contributed by atoms with E-state index in [-0.39, 0.29) is 18.7 Å². The average molecular weight is 394 g/mol. The zero-order chi connectivity index (χ0) is 20.6. The van der Waals surface area contributed by atoms with E-state index in [4.69, 9.17) is 4.74 Å². The van der Waals surface area contributed by atoms with Crippen LogP contribution in [-0.2, 0) is 17.5 Å². The van der Waals surface area contributed by atoms with Crippen molar-refractivity contribution < 1.29 is 27.6 Å². The van der Waals surface area contributed by atoms with Crippen LogP contribution in [0, 0.1) is 10.1 Å². The van der Waals surface area contributed by atoms with Crippen molar-refractivity contribution in [2.45, 2.75) is 19.2 Å². The van der Waals surface area contributed by atoms with Gasteiger partial charge in [0.1, 0.15) is 6.61 Å². The van der Waals surface area contributed by atoms with Gasteiger partial charge in [0.2, 0.25) is 0 Å². The van der Waals surface area contributed by atoms with Crippen molar-refractivity contribution >= 4 is 17.9 Å². The van der Waals surface area contributed by atoms with Crippen LogP contribution in [0.5, 0.6) is 0 Å². The Balaban J connectivity index is 1.84. The number of carbonyl (C=O) groups is 1. The Morgan fingerprint density at radius 1 is 1.18 bits per heavy atom. The number of alkyl carbamates (subject to hydrolysis) is 1. The van der Waals surface area contributed by atoms with Crippen molar-refractivity contribution in [3.05, 3.63) is 81.4 Å². The van der Waals surface area contributed by atoms with Gasteiger partial charge in [-0.2, -0.15) is 13.2 Å². The number of nitro benzene ring substituents is 1.